The third kappa shape index (κ3) is 3.43. The molecule has 1 aromatic rings. The summed E-state index contributed by atoms with van der Waals surface area (Å²) in [4.78, 5) is 0. The van der Waals surface area contributed by atoms with Crippen LogP contribution < -0.4 is 10.5 Å². The van der Waals surface area contributed by atoms with Gasteiger partial charge in [-0.1, -0.05) is 18.2 Å². The van der Waals surface area contributed by atoms with E-state index < -0.39 is 11.9 Å². The molecule has 0 amide bonds. The molecule has 0 aliphatic heterocycles. The van der Waals surface area contributed by atoms with Gasteiger partial charge in [-0.05, 0) is 19.9 Å². The van der Waals surface area contributed by atoms with Gasteiger partial charge >= 0.3 is 6.36 Å². The van der Waals surface area contributed by atoms with Gasteiger partial charge in [-0.3, -0.25) is 0 Å². The minimum atomic E-state index is -4.69. The summed E-state index contributed by atoms with van der Waals surface area (Å²) in [5.41, 5.74) is 5.18. The summed E-state index contributed by atoms with van der Waals surface area (Å²) >= 11 is 0. The molecule has 2 nitrogen and oxygen atoms in total. The molecule has 0 saturated heterocycles. The highest BCUT2D eigenvalue weighted by atomic mass is 19.4. The van der Waals surface area contributed by atoms with Crippen LogP contribution in [0.5, 0.6) is 5.75 Å². The number of para-hydroxylation sites is 1. The Bertz CT molecular complexity index is 341. The van der Waals surface area contributed by atoms with Gasteiger partial charge in [0.05, 0.1) is 0 Å². The largest absolute Gasteiger partial charge is 0.573 e. The van der Waals surface area contributed by atoms with E-state index in [1.807, 2.05) is 0 Å². The molecule has 0 radical (unpaired) electrons. The summed E-state index contributed by atoms with van der Waals surface area (Å²) in [6.45, 7) is 3.23. The van der Waals surface area contributed by atoms with Crippen molar-refractivity contribution in [1.29, 1.82) is 0 Å². The Balaban J connectivity index is 3.08. The van der Waals surface area contributed by atoms with Gasteiger partial charge < -0.3 is 10.5 Å². The molecule has 84 valence electrons. The number of nitrogens with two attached hydrogens (primary N) is 1. The number of ether oxygens (including phenoxy) is 1. The van der Waals surface area contributed by atoms with E-state index in [0.29, 0.717) is 5.56 Å². The molecule has 1 aromatic carbocycles. The van der Waals surface area contributed by atoms with Crippen LogP contribution in [0, 0.1) is 0 Å². The Kier molecular flexibility index (Phi) is 2.95. The summed E-state index contributed by atoms with van der Waals surface area (Å²) in [6.07, 6.45) is -4.69. The third-order valence-corrected chi connectivity index (χ3v) is 1.81. The van der Waals surface area contributed by atoms with Crippen molar-refractivity contribution in [2.24, 2.45) is 5.73 Å². The highest BCUT2D eigenvalue weighted by Crippen LogP contribution is 2.31. The average Bonchev–Trinajstić information content (AvgIpc) is 1.99. The van der Waals surface area contributed by atoms with E-state index in [9.17, 15) is 13.2 Å². The smallest absolute Gasteiger partial charge is 0.405 e. The van der Waals surface area contributed by atoms with Crippen LogP contribution in [0.3, 0.4) is 0 Å². The van der Waals surface area contributed by atoms with Crippen LogP contribution in [0.25, 0.3) is 0 Å². The van der Waals surface area contributed by atoms with Crippen LogP contribution in [-0.2, 0) is 5.54 Å². The Morgan fingerprint density at radius 2 is 1.67 bits per heavy atom. The molecule has 1 rings (SSSR count). The van der Waals surface area contributed by atoms with Crippen molar-refractivity contribution >= 4 is 0 Å². The van der Waals surface area contributed by atoms with Gasteiger partial charge in [-0.15, -0.1) is 13.2 Å². The first-order valence-electron chi connectivity index (χ1n) is 4.34. The van der Waals surface area contributed by atoms with E-state index in [1.54, 1.807) is 19.9 Å². The molecule has 15 heavy (non-hydrogen) atoms. The van der Waals surface area contributed by atoms with Gasteiger partial charge in [-0.2, -0.15) is 0 Å². The SMILES string of the molecule is CC(C)(N)c1ccccc1OC(F)(F)F. The lowest BCUT2D eigenvalue weighted by Gasteiger charge is -2.22. The fourth-order valence-corrected chi connectivity index (χ4v) is 1.21. The lowest BCUT2D eigenvalue weighted by Crippen LogP contribution is -2.30. The predicted octanol–water partition coefficient (Wildman–Crippen LogP) is 2.78. The number of rotatable bonds is 2. The Morgan fingerprint density at radius 3 is 2.13 bits per heavy atom. The molecule has 0 aliphatic rings. The number of hydrogen-bond acceptors (Lipinski definition) is 2. The van der Waals surface area contributed by atoms with Gasteiger partial charge in [0, 0.05) is 11.1 Å². The average molecular weight is 219 g/mol. The van der Waals surface area contributed by atoms with E-state index in [4.69, 9.17) is 5.73 Å². The summed E-state index contributed by atoms with van der Waals surface area (Å²) in [7, 11) is 0. The van der Waals surface area contributed by atoms with Crippen molar-refractivity contribution in [3.05, 3.63) is 29.8 Å². The van der Waals surface area contributed by atoms with Gasteiger partial charge in [0.1, 0.15) is 5.75 Å². The number of halogens is 3. The van der Waals surface area contributed by atoms with E-state index in [0.717, 1.165) is 0 Å². The number of benzene rings is 1. The number of hydrogen-bond donors (Lipinski definition) is 1. The van der Waals surface area contributed by atoms with Crippen LogP contribution in [0.1, 0.15) is 19.4 Å². The molecule has 0 bridgehead atoms. The zero-order valence-corrected chi connectivity index (χ0v) is 8.43. The summed E-state index contributed by atoms with van der Waals surface area (Å²) in [5.74, 6) is -0.252. The van der Waals surface area contributed by atoms with Crippen molar-refractivity contribution in [2.75, 3.05) is 0 Å². The van der Waals surface area contributed by atoms with E-state index >= 15 is 0 Å². The highest BCUT2D eigenvalue weighted by molar-refractivity contribution is 5.38. The first-order chi connectivity index (χ1) is 6.70. The van der Waals surface area contributed by atoms with Gasteiger partial charge in [0.25, 0.3) is 0 Å². The fraction of sp³-hybridized carbons (Fsp3) is 0.400. The molecule has 0 aromatic heterocycles. The first-order valence-corrected chi connectivity index (χ1v) is 4.34. The first kappa shape index (κ1) is 11.8. The van der Waals surface area contributed by atoms with Crippen molar-refractivity contribution < 1.29 is 17.9 Å². The monoisotopic (exact) mass is 219 g/mol. The minimum Gasteiger partial charge on any atom is -0.405 e. The van der Waals surface area contributed by atoms with Crippen LogP contribution >= 0.6 is 0 Å². The fourth-order valence-electron chi connectivity index (χ4n) is 1.21. The normalized spacial score (nSPS) is 12.7. The molecule has 0 saturated carbocycles. The van der Waals surface area contributed by atoms with Crippen LogP contribution in [-0.4, -0.2) is 6.36 Å². The maximum atomic E-state index is 12.0. The van der Waals surface area contributed by atoms with Crippen molar-refractivity contribution in [1.82, 2.24) is 0 Å². The quantitative estimate of drug-likeness (QED) is 0.830. The molecule has 5 heteroatoms. The molecule has 0 spiro atoms. The summed E-state index contributed by atoms with van der Waals surface area (Å²) < 4.78 is 40.0. The predicted molar refractivity (Wildman–Crippen MR) is 50.3 cm³/mol. The van der Waals surface area contributed by atoms with E-state index in [1.165, 1.54) is 18.2 Å². The molecule has 0 heterocycles. The second-order valence-electron chi connectivity index (χ2n) is 3.77. The molecule has 0 atom stereocenters. The molecule has 0 unspecified atom stereocenters. The van der Waals surface area contributed by atoms with Gasteiger partial charge in [0.15, 0.2) is 0 Å². The number of alkyl halides is 3. The summed E-state index contributed by atoms with van der Waals surface area (Å²) in [5, 5.41) is 0. The van der Waals surface area contributed by atoms with Crippen molar-refractivity contribution in [3.63, 3.8) is 0 Å². The minimum absolute atomic E-state index is 0.252. The topological polar surface area (TPSA) is 35.2 Å². The molecule has 0 fully saturated rings. The van der Waals surface area contributed by atoms with Crippen molar-refractivity contribution in [2.45, 2.75) is 25.7 Å². The zero-order chi connectivity index (χ0) is 11.7. The Labute approximate surface area is 85.8 Å². The van der Waals surface area contributed by atoms with Crippen molar-refractivity contribution in [3.8, 4) is 5.75 Å². The van der Waals surface area contributed by atoms with Gasteiger partial charge in [0.2, 0.25) is 0 Å². The van der Waals surface area contributed by atoms with E-state index in [2.05, 4.69) is 4.74 Å². The van der Waals surface area contributed by atoms with Crippen LogP contribution in [0.4, 0.5) is 13.2 Å². The second-order valence-corrected chi connectivity index (χ2v) is 3.77. The Morgan fingerprint density at radius 1 is 1.13 bits per heavy atom. The maximum Gasteiger partial charge on any atom is 0.573 e. The lowest BCUT2D eigenvalue weighted by molar-refractivity contribution is -0.275. The second kappa shape index (κ2) is 3.73. The third-order valence-electron chi connectivity index (χ3n) is 1.81. The molecular formula is C10H12F3NO. The van der Waals surface area contributed by atoms with Crippen LogP contribution in [0.2, 0.25) is 0 Å². The molecule has 0 aliphatic carbocycles. The molecular weight excluding hydrogens is 207 g/mol. The Hall–Kier alpha value is -1.23. The highest BCUT2D eigenvalue weighted by Gasteiger charge is 2.33. The zero-order valence-electron chi connectivity index (χ0n) is 8.43. The van der Waals surface area contributed by atoms with Gasteiger partial charge in [-0.25, -0.2) is 0 Å². The summed E-state index contributed by atoms with van der Waals surface area (Å²) in [6, 6.07) is 5.85. The maximum absolute atomic E-state index is 12.0. The van der Waals surface area contributed by atoms with E-state index in [-0.39, 0.29) is 5.75 Å². The lowest BCUT2D eigenvalue weighted by atomic mass is 9.95. The molecule has 2 N–H and O–H groups in total. The standard InChI is InChI=1S/C10H12F3NO/c1-9(2,14)7-5-3-4-6-8(7)15-10(11,12)13/h3-6H,14H2,1-2H3. The van der Waals surface area contributed by atoms with Crippen LogP contribution in [0.15, 0.2) is 24.3 Å².